The molecule has 5 rings (SSSR count). The molecule has 214 valence electrons. The normalized spacial score (nSPS) is 16.7. The number of nitrogens with one attached hydrogen (secondary N) is 1. The summed E-state index contributed by atoms with van der Waals surface area (Å²) >= 11 is 0. The quantitative estimate of drug-likeness (QED) is 0.396. The minimum absolute atomic E-state index is 0.0145. The molecule has 10 heteroatoms. The smallest absolute Gasteiger partial charge is 0.269 e. The highest BCUT2D eigenvalue weighted by atomic mass is 32.2. The van der Waals surface area contributed by atoms with Crippen molar-refractivity contribution in [3.63, 3.8) is 0 Å². The lowest BCUT2D eigenvalue weighted by atomic mass is 10.0. The maximum Gasteiger partial charge on any atom is 0.269 e. The number of carbonyl (C=O) groups excluding carboxylic acids is 3. The molecule has 3 aromatic rings. The lowest BCUT2D eigenvalue weighted by Crippen LogP contribution is -2.54. The number of sulfonamides is 1. The van der Waals surface area contributed by atoms with Gasteiger partial charge < -0.3 is 15.0 Å². The van der Waals surface area contributed by atoms with Crippen LogP contribution in [0.5, 0.6) is 5.75 Å². The van der Waals surface area contributed by atoms with Gasteiger partial charge in [0.1, 0.15) is 23.2 Å². The highest BCUT2D eigenvalue weighted by molar-refractivity contribution is 7.90. The topological polar surface area (TPSA) is 113 Å². The van der Waals surface area contributed by atoms with Gasteiger partial charge in [0, 0.05) is 19.0 Å². The lowest BCUT2D eigenvalue weighted by molar-refractivity contribution is -0.141. The highest BCUT2D eigenvalue weighted by Gasteiger charge is 2.43. The van der Waals surface area contributed by atoms with Gasteiger partial charge in [-0.1, -0.05) is 67.4 Å². The van der Waals surface area contributed by atoms with Crippen molar-refractivity contribution in [3.8, 4) is 5.75 Å². The van der Waals surface area contributed by atoms with Crippen molar-refractivity contribution in [1.29, 1.82) is 0 Å². The first kappa shape index (κ1) is 28.4. The zero-order valence-electron chi connectivity index (χ0n) is 22.9. The predicted octanol–water partition coefficient (Wildman–Crippen LogP) is 3.54. The van der Waals surface area contributed by atoms with Crippen molar-refractivity contribution in [3.05, 3.63) is 95.6 Å². The summed E-state index contributed by atoms with van der Waals surface area (Å²) in [6.45, 7) is -0.706. The summed E-state index contributed by atoms with van der Waals surface area (Å²) < 4.78 is 32.5. The molecule has 41 heavy (non-hydrogen) atoms. The molecular formula is C31H33N3O6S. The molecule has 0 unspecified atom stereocenters. The molecule has 1 fully saturated rings. The van der Waals surface area contributed by atoms with Crippen molar-refractivity contribution in [2.75, 3.05) is 13.7 Å². The maximum atomic E-state index is 14.1. The molecule has 1 heterocycles. The fourth-order valence-electron chi connectivity index (χ4n) is 5.49. The van der Waals surface area contributed by atoms with Crippen molar-refractivity contribution in [2.24, 2.45) is 0 Å². The van der Waals surface area contributed by atoms with E-state index < -0.39 is 34.4 Å². The van der Waals surface area contributed by atoms with E-state index >= 15 is 0 Å². The van der Waals surface area contributed by atoms with Crippen molar-refractivity contribution < 1.29 is 27.5 Å². The average Bonchev–Trinajstić information content (AvgIpc) is 3.56. The Hall–Kier alpha value is -4.18. The Balaban J connectivity index is 1.50. The number of hydrogen-bond donors (Lipinski definition) is 1. The van der Waals surface area contributed by atoms with Crippen LogP contribution < -0.4 is 10.1 Å². The Morgan fingerprint density at radius 1 is 0.976 bits per heavy atom. The third-order valence-electron chi connectivity index (χ3n) is 7.65. The molecule has 9 nitrogen and oxygen atoms in total. The molecule has 0 aromatic heterocycles. The molecule has 1 saturated carbocycles. The summed E-state index contributed by atoms with van der Waals surface area (Å²) in [7, 11) is -2.68. The standard InChI is InChI=1S/C31H33N3O6S/c1-40-25-15-9-12-23(18-25)20-33(29(35)21-34-31(37)26-16-7-8-17-28(26)41(34,38)39)27(19-22-10-3-2-4-11-22)30(36)32-24-13-5-6-14-24/h2-4,7-12,15-18,24,27H,5-6,13-14,19-21H2,1H3,(H,32,36)/t27-/m0/s1. The van der Waals surface area contributed by atoms with Crippen LogP contribution in [0.15, 0.2) is 83.8 Å². The number of ether oxygens (including phenoxy) is 1. The summed E-state index contributed by atoms with van der Waals surface area (Å²) in [4.78, 5) is 42.3. The van der Waals surface area contributed by atoms with Gasteiger partial charge in [-0.3, -0.25) is 14.4 Å². The fourth-order valence-corrected chi connectivity index (χ4v) is 7.01. The monoisotopic (exact) mass is 575 g/mol. The molecule has 0 saturated heterocycles. The first-order valence-electron chi connectivity index (χ1n) is 13.7. The largest absolute Gasteiger partial charge is 0.497 e. The first-order chi connectivity index (χ1) is 19.8. The summed E-state index contributed by atoms with van der Waals surface area (Å²) in [5, 5.41) is 3.12. The van der Waals surface area contributed by atoms with Crippen LogP contribution in [0.3, 0.4) is 0 Å². The van der Waals surface area contributed by atoms with E-state index in [4.69, 9.17) is 4.74 Å². The van der Waals surface area contributed by atoms with Crippen LogP contribution in [0.2, 0.25) is 0 Å². The van der Waals surface area contributed by atoms with Gasteiger partial charge in [-0.15, -0.1) is 0 Å². The predicted molar refractivity (Wildman–Crippen MR) is 153 cm³/mol. The average molecular weight is 576 g/mol. The van der Waals surface area contributed by atoms with E-state index in [0.717, 1.165) is 31.2 Å². The number of fused-ring (bicyclic) bond motifs is 1. The number of carbonyl (C=O) groups is 3. The molecule has 1 aliphatic heterocycles. The van der Waals surface area contributed by atoms with Crippen LogP contribution in [0.4, 0.5) is 0 Å². The van der Waals surface area contributed by atoms with Crippen LogP contribution >= 0.6 is 0 Å². The number of nitrogens with zero attached hydrogens (tertiary/aromatic N) is 2. The zero-order chi connectivity index (χ0) is 29.0. The van der Waals surface area contributed by atoms with E-state index in [1.165, 1.54) is 30.2 Å². The first-order valence-corrected chi connectivity index (χ1v) is 15.1. The SMILES string of the molecule is COc1cccc(CN(C(=O)CN2C(=O)c3ccccc3S2(=O)=O)[C@@H](Cc2ccccc2)C(=O)NC2CCCC2)c1. The van der Waals surface area contributed by atoms with E-state index in [9.17, 15) is 22.8 Å². The Morgan fingerprint density at radius 3 is 2.37 bits per heavy atom. The fraction of sp³-hybridized carbons (Fsp3) is 0.323. The molecule has 0 radical (unpaired) electrons. The number of rotatable bonds is 10. The maximum absolute atomic E-state index is 14.1. The van der Waals surface area contributed by atoms with Gasteiger partial charge in [0.25, 0.3) is 15.9 Å². The van der Waals surface area contributed by atoms with E-state index in [-0.39, 0.29) is 35.4 Å². The van der Waals surface area contributed by atoms with Gasteiger partial charge in [0.05, 0.1) is 12.7 Å². The molecule has 3 amide bonds. The van der Waals surface area contributed by atoms with Gasteiger partial charge in [-0.2, -0.15) is 0 Å². The number of amides is 3. The third-order valence-corrected chi connectivity index (χ3v) is 9.44. The summed E-state index contributed by atoms with van der Waals surface area (Å²) in [6, 6.07) is 21.5. The lowest BCUT2D eigenvalue weighted by Gasteiger charge is -2.33. The molecule has 3 aromatic carbocycles. The van der Waals surface area contributed by atoms with E-state index in [2.05, 4.69) is 5.32 Å². The van der Waals surface area contributed by atoms with E-state index in [0.29, 0.717) is 15.6 Å². The van der Waals surface area contributed by atoms with Crippen LogP contribution in [-0.4, -0.2) is 61.1 Å². The van der Waals surface area contributed by atoms with E-state index in [1.807, 2.05) is 36.4 Å². The van der Waals surface area contributed by atoms with Crippen LogP contribution in [0.25, 0.3) is 0 Å². The Morgan fingerprint density at radius 2 is 1.66 bits per heavy atom. The summed E-state index contributed by atoms with van der Waals surface area (Å²) in [5.74, 6) is -1.14. The molecule has 1 N–H and O–H groups in total. The molecule has 0 spiro atoms. The minimum atomic E-state index is -4.22. The van der Waals surface area contributed by atoms with Gasteiger partial charge in [0.2, 0.25) is 11.8 Å². The van der Waals surface area contributed by atoms with Gasteiger partial charge in [0.15, 0.2) is 0 Å². The second-order valence-electron chi connectivity index (χ2n) is 10.4. The van der Waals surface area contributed by atoms with Gasteiger partial charge >= 0.3 is 0 Å². The second-order valence-corrected chi connectivity index (χ2v) is 12.2. The zero-order valence-corrected chi connectivity index (χ0v) is 23.7. The Kier molecular flexibility index (Phi) is 8.39. The number of methoxy groups -OCH3 is 1. The van der Waals surface area contributed by atoms with Gasteiger partial charge in [-0.05, 0) is 48.2 Å². The highest BCUT2D eigenvalue weighted by Crippen LogP contribution is 2.30. The number of benzene rings is 3. The molecule has 1 atom stereocenters. The third kappa shape index (κ3) is 6.12. The molecule has 1 aliphatic carbocycles. The van der Waals surface area contributed by atoms with Crippen molar-refractivity contribution in [2.45, 2.75) is 55.6 Å². The summed E-state index contributed by atoms with van der Waals surface area (Å²) in [6.07, 6.45) is 4.00. The minimum Gasteiger partial charge on any atom is -0.497 e. The van der Waals surface area contributed by atoms with Crippen LogP contribution in [0.1, 0.15) is 47.2 Å². The summed E-state index contributed by atoms with van der Waals surface area (Å²) in [5.41, 5.74) is 1.57. The Labute approximate surface area is 240 Å². The number of hydrogen-bond acceptors (Lipinski definition) is 6. The second kappa shape index (κ2) is 12.1. The van der Waals surface area contributed by atoms with Crippen molar-refractivity contribution in [1.82, 2.24) is 14.5 Å². The Bertz CT molecular complexity index is 1540. The molecular weight excluding hydrogens is 542 g/mol. The van der Waals surface area contributed by atoms with Crippen molar-refractivity contribution >= 4 is 27.7 Å². The molecule has 0 bridgehead atoms. The van der Waals surface area contributed by atoms with Gasteiger partial charge in [-0.25, -0.2) is 12.7 Å². The molecule has 2 aliphatic rings. The van der Waals surface area contributed by atoms with E-state index in [1.54, 1.807) is 24.3 Å². The van der Waals surface area contributed by atoms with Crippen LogP contribution in [0, 0.1) is 0 Å². The van der Waals surface area contributed by atoms with Crippen LogP contribution in [-0.2, 0) is 32.6 Å².